The minimum atomic E-state index is -4.64. The van der Waals surface area contributed by atoms with Crippen molar-refractivity contribution in [2.24, 2.45) is 5.92 Å². The third-order valence-corrected chi connectivity index (χ3v) is 7.72. The van der Waals surface area contributed by atoms with Crippen molar-refractivity contribution in [2.45, 2.75) is 63.6 Å². The number of rotatable bonds is 8. The number of phosphoric acid groups is 1. The number of hydrogen-bond donors (Lipinski definition) is 5. The van der Waals surface area contributed by atoms with Crippen molar-refractivity contribution in [3.8, 4) is 0 Å². The van der Waals surface area contributed by atoms with E-state index in [9.17, 15) is 10.2 Å². The minimum Gasteiger partial charge on any atom is -0.388 e. The Hall–Kier alpha value is -2.35. The fourth-order valence-corrected chi connectivity index (χ4v) is 5.48. The molecule has 40 heavy (non-hydrogen) atoms. The molecule has 7 nitrogen and oxygen atoms in total. The predicted octanol–water partition coefficient (Wildman–Crippen LogP) is 5.52. The van der Waals surface area contributed by atoms with Gasteiger partial charge in [-0.3, -0.25) is 0 Å². The Balaban J connectivity index is 0.000000810. The largest absolute Gasteiger partial charge is 0.466 e. The van der Waals surface area contributed by atoms with Gasteiger partial charge in [0.1, 0.15) is 5.60 Å². The summed E-state index contributed by atoms with van der Waals surface area (Å²) >= 11 is 0. The van der Waals surface area contributed by atoms with Gasteiger partial charge < -0.3 is 29.8 Å². The van der Waals surface area contributed by atoms with Gasteiger partial charge in [0.2, 0.25) is 0 Å². The number of aliphatic hydroxyl groups is 2. The zero-order valence-electron chi connectivity index (χ0n) is 23.7. The lowest BCUT2D eigenvalue weighted by Gasteiger charge is -2.42. The first-order valence-electron chi connectivity index (χ1n) is 13.9. The summed E-state index contributed by atoms with van der Waals surface area (Å²) in [6, 6.07) is 28.7. The Kier molecular flexibility index (Phi) is 11.3. The molecule has 1 fully saturated rings. The summed E-state index contributed by atoms with van der Waals surface area (Å²) in [6.45, 7) is 9.57. The van der Waals surface area contributed by atoms with Gasteiger partial charge >= 0.3 is 7.82 Å². The summed E-state index contributed by atoms with van der Waals surface area (Å²) < 4.78 is 8.88. The van der Waals surface area contributed by atoms with Gasteiger partial charge in [-0.05, 0) is 78.9 Å². The number of benzene rings is 3. The average molecular weight is 570 g/mol. The Morgan fingerprint density at radius 2 is 1.25 bits per heavy atom. The molecule has 0 spiro atoms. The zero-order valence-corrected chi connectivity index (χ0v) is 24.6. The number of likely N-dealkylation sites (tertiary alicyclic amines) is 1. The summed E-state index contributed by atoms with van der Waals surface area (Å²) in [5.41, 5.74) is 3.41. The molecule has 0 amide bonds. The van der Waals surface area contributed by atoms with Crippen LogP contribution in [0.15, 0.2) is 84.9 Å². The van der Waals surface area contributed by atoms with Crippen LogP contribution >= 0.6 is 7.82 Å². The van der Waals surface area contributed by atoms with Gasteiger partial charge in [-0.1, -0.05) is 106 Å². The van der Waals surface area contributed by atoms with Gasteiger partial charge in [-0.2, -0.15) is 0 Å². The second kappa shape index (κ2) is 14.0. The van der Waals surface area contributed by atoms with Crippen LogP contribution in [0.5, 0.6) is 0 Å². The van der Waals surface area contributed by atoms with Gasteiger partial charge in [0.15, 0.2) is 0 Å². The second-order valence-electron chi connectivity index (χ2n) is 11.7. The number of hydrogen-bond acceptors (Lipinski definition) is 4. The van der Waals surface area contributed by atoms with Crippen LogP contribution in [0.3, 0.4) is 0 Å². The molecular formula is C32H44NO6P. The first-order chi connectivity index (χ1) is 18.8. The van der Waals surface area contributed by atoms with Crippen molar-refractivity contribution in [1.82, 2.24) is 4.90 Å². The predicted molar refractivity (Wildman–Crippen MR) is 159 cm³/mol. The number of nitrogens with zero attached hydrogens (tertiary/aromatic N) is 1. The van der Waals surface area contributed by atoms with Crippen molar-refractivity contribution in [1.29, 1.82) is 0 Å². The smallest absolute Gasteiger partial charge is 0.388 e. The molecule has 0 saturated carbocycles. The van der Waals surface area contributed by atoms with E-state index in [4.69, 9.17) is 19.2 Å². The topological polar surface area (TPSA) is 121 Å². The van der Waals surface area contributed by atoms with Crippen molar-refractivity contribution >= 4 is 7.82 Å². The fourth-order valence-electron chi connectivity index (χ4n) is 5.48. The Morgan fingerprint density at radius 1 is 0.800 bits per heavy atom. The maximum Gasteiger partial charge on any atom is 0.466 e. The lowest BCUT2D eigenvalue weighted by atomic mass is 9.72. The molecule has 5 N–H and O–H groups in total. The summed E-state index contributed by atoms with van der Waals surface area (Å²) in [6.07, 6.45) is 3.23. The summed E-state index contributed by atoms with van der Waals surface area (Å²) in [5.74, 6) is 0.176. The molecule has 1 aliphatic rings. The number of aliphatic hydroxyl groups excluding tert-OH is 1. The van der Waals surface area contributed by atoms with E-state index in [-0.39, 0.29) is 11.3 Å². The van der Waals surface area contributed by atoms with Crippen LogP contribution in [0.25, 0.3) is 0 Å². The third-order valence-electron chi connectivity index (χ3n) is 7.72. The van der Waals surface area contributed by atoms with E-state index in [2.05, 4.69) is 74.2 Å². The van der Waals surface area contributed by atoms with Gasteiger partial charge in [0, 0.05) is 0 Å². The standard InChI is InChI=1S/C32H41NO2.H3O4P/c1-31(2,3)26-18-16-25(17-19-26)30(34)15-10-22-33-23-20-29(21-24-33)32(35,27-11-6-4-7-12-27)28-13-8-5-9-14-28;1-5(2,3)4/h4-9,11-14,16-19,29-30,34-35H,10,15,20-24H2,1-3H3;(H3,1,2,3,4)/t30-;/m1./s1. The van der Waals surface area contributed by atoms with E-state index < -0.39 is 19.5 Å². The maximum absolute atomic E-state index is 12.1. The van der Waals surface area contributed by atoms with Gasteiger partial charge in [0.25, 0.3) is 0 Å². The maximum atomic E-state index is 12.1. The van der Waals surface area contributed by atoms with Gasteiger partial charge in [-0.15, -0.1) is 0 Å². The quantitative estimate of drug-likeness (QED) is 0.227. The van der Waals surface area contributed by atoms with Crippen LogP contribution < -0.4 is 0 Å². The Bertz CT molecular complexity index is 1150. The van der Waals surface area contributed by atoms with Gasteiger partial charge in [0.05, 0.1) is 6.10 Å². The molecule has 0 bridgehead atoms. The van der Waals surface area contributed by atoms with E-state index in [1.807, 2.05) is 36.4 Å². The lowest BCUT2D eigenvalue weighted by molar-refractivity contribution is -0.0146. The summed E-state index contributed by atoms with van der Waals surface area (Å²) in [7, 11) is -4.64. The zero-order chi connectivity index (χ0) is 29.4. The molecule has 0 aliphatic carbocycles. The highest BCUT2D eigenvalue weighted by atomic mass is 31.2. The molecule has 1 saturated heterocycles. The van der Waals surface area contributed by atoms with Crippen molar-refractivity contribution in [3.63, 3.8) is 0 Å². The second-order valence-corrected chi connectivity index (χ2v) is 12.7. The average Bonchev–Trinajstić information content (AvgIpc) is 2.92. The molecule has 0 aromatic heterocycles. The molecule has 8 heteroatoms. The molecule has 3 aromatic carbocycles. The first kappa shape index (κ1) is 32.2. The summed E-state index contributed by atoms with van der Waals surface area (Å²) in [5, 5.41) is 22.8. The highest BCUT2D eigenvalue weighted by Gasteiger charge is 2.41. The first-order valence-corrected chi connectivity index (χ1v) is 15.5. The summed E-state index contributed by atoms with van der Waals surface area (Å²) in [4.78, 5) is 24.1. The van der Waals surface area contributed by atoms with Crippen molar-refractivity contribution in [3.05, 3.63) is 107 Å². The highest BCUT2D eigenvalue weighted by molar-refractivity contribution is 7.45. The van der Waals surface area contributed by atoms with E-state index >= 15 is 0 Å². The van der Waals surface area contributed by atoms with Crippen LogP contribution in [0.1, 0.15) is 74.8 Å². The minimum absolute atomic E-state index is 0.128. The lowest BCUT2D eigenvalue weighted by Crippen LogP contribution is -2.44. The third kappa shape index (κ3) is 9.35. The van der Waals surface area contributed by atoms with Crippen molar-refractivity contribution < 1.29 is 29.5 Å². The van der Waals surface area contributed by atoms with Crippen molar-refractivity contribution in [2.75, 3.05) is 19.6 Å². The molecular weight excluding hydrogens is 525 g/mol. The fraction of sp³-hybridized carbons (Fsp3) is 0.438. The molecule has 0 radical (unpaired) electrons. The normalized spacial score (nSPS) is 16.2. The van der Waals surface area contributed by atoms with Crippen LogP contribution in [-0.4, -0.2) is 49.4 Å². The molecule has 1 atom stereocenters. The molecule has 1 aliphatic heterocycles. The molecule has 218 valence electrons. The van der Waals surface area contributed by atoms with Crippen LogP contribution in [-0.2, 0) is 15.6 Å². The number of piperidine rings is 1. The van der Waals surface area contributed by atoms with Crippen LogP contribution in [0.2, 0.25) is 0 Å². The van der Waals surface area contributed by atoms with E-state index in [0.717, 1.165) is 62.0 Å². The van der Waals surface area contributed by atoms with Crippen LogP contribution in [0.4, 0.5) is 0 Å². The molecule has 0 unspecified atom stereocenters. The van der Waals surface area contributed by atoms with Crippen LogP contribution in [0, 0.1) is 5.92 Å². The Labute approximate surface area is 238 Å². The molecule has 4 rings (SSSR count). The SMILES string of the molecule is CC(C)(C)c1ccc([C@H](O)CCCN2CCC(C(O)(c3ccccc3)c3ccccc3)CC2)cc1.O=P(O)(O)O. The molecule has 1 heterocycles. The monoisotopic (exact) mass is 569 g/mol. The van der Waals surface area contributed by atoms with E-state index in [1.54, 1.807) is 0 Å². The Morgan fingerprint density at radius 3 is 1.68 bits per heavy atom. The molecule has 3 aromatic rings. The van der Waals surface area contributed by atoms with E-state index in [0.29, 0.717) is 0 Å². The van der Waals surface area contributed by atoms with E-state index in [1.165, 1.54) is 5.56 Å². The highest BCUT2D eigenvalue weighted by Crippen LogP contribution is 2.42. The van der Waals surface area contributed by atoms with Gasteiger partial charge in [-0.25, -0.2) is 4.57 Å².